The van der Waals surface area contributed by atoms with Gasteiger partial charge in [-0.3, -0.25) is 0 Å². The first-order valence-corrected chi connectivity index (χ1v) is 3.84. The second-order valence-corrected chi connectivity index (χ2v) is 3.04. The monoisotopic (exact) mass is 143 g/mol. The molecule has 3 nitrogen and oxygen atoms in total. The molecular weight excluding hydrogens is 130 g/mol. The summed E-state index contributed by atoms with van der Waals surface area (Å²) in [6, 6.07) is 0. The molecule has 2 heterocycles. The first kappa shape index (κ1) is 6.58. The average Bonchev–Trinajstić information content (AvgIpc) is 2.08. The van der Waals surface area contributed by atoms with Crippen molar-refractivity contribution in [1.29, 1.82) is 0 Å². The smallest absolute Gasteiger partial charge is 0.116 e. The summed E-state index contributed by atoms with van der Waals surface area (Å²) >= 11 is 0. The van der Waals surface area contributed by atoms with Crippen LogP contribution in [0.5, 0.6) is 0 Å². The molecule has 0 aromatic carbocycles. The zero-order valence-electron chi connectivity index (χ0n) is 6.06. The lowest BCUT2D eigenvalue weighted by molar-refractivity contribution is -0.0997. The average molecular weight is 143 g/mol. The number of nitrogens with one attached hydrogen (secondary N) is 1. The summed E-state index contributed by atoms with van der Waals surface area (Å²) in [6.45, 7) is 4.43. The standard InChI is InChI=1S/C7H13NO2/c1-2-9-6-7(10-3-1)4-8-5-7/h8H,1-6H2. The van der Waals surface area contributed by atoms with E-state index >= 15 is 0 Å². The molecule has 0 unspecified atom stereocenters. The second-order valence-electron chi connectivity index (χ2n) is 3.04. The van der Waals surface area contributed by atoms with Crippen LogP contribution in [0.3, 0.4) is 0 Å². The largest absolute Gasteiger partial charge is 0.378 e. The maximum absolute atomic E-state index is 5.64. The lowest BCUT2D eigenvalue weighted by Gasteiger charge is -2.40. The van der Waals surface area contributed by atoms with Crippen LogP contribution in [-0.4, -0.2) is 38.5 Å². The number of hydrogen-bond donors (Lipinski definition) is 1. The molecule has 0 aliphatic carbocycles. The van der Waals surface area contributed by atoms with E-state index in [9.17, 15) is 0 Å². The van der Waals surface area contributed by atoms with Gasteiger partial charge in [-0.1, -0.05) is 0 Å². The Morgan fingerprint density at radius 3 is 2.80 bits per heavy atom. The van der Waals surface area contributed by atoms with Crippen molar-refractivity contribution in [2.45, 2.75) is 12.0 Å². The van der Waals surface area contributed by atoms with Crippen molar-refractivity contribution in [2.24, 2.45) is 0 Å². The van der Waals surface area contributed by atoms with Gasteiger partial charge >= 0.3 is 0 Å². The Hall–Kier alpha value is -0.120. The Kier molecular flexibility index (Phi) is 1.64. The van der Waals surface area contributed by atoms with E-state index < -0.39 is 0 Å². The van der Waals surface area contributed by atoms with Crippen LogP contribution in [0.25, 0.3) is 0 Å². The van der Waals surface area contributed by atoms with Crippen LogP contribution in [0.2, 0.25) is 0 Å². The lowest BCUT2D eigenvalue weighted by atomic mass is 9.98. The highest BCUT2D eigenvalue weighted by Gasteiger charge is 2.39. The normalized spacial score (nSPS) is 31.2. The molecule has 0 saturated carbocycles. The summed E-state index contributed by atoms with van der Waals surface area (Å²) in [5, 5.41) is 3.19. The van der Waals surface area contributed by atoms with Crippen LogP contribution in [0.4, 0.5) is 0 Å². The third-order valence-corrected chi connectivity index (χ3v) is 2.10. The van der Waals surface area contributed by atoms with Crippen LogP contribution in [-0.2, 0) is 9.47 Å². The molecule has 0 radical (unpaired) electrons. The van der Waals surface area contributed by atoms with Crippen LogP contribution in [0.15, 0.2) is 0 Å². The highest BCUT2D eigenvalue weighted by molar-refractivity contribution is 4.95. The zero-order chi connectivity index (χ0) is 6.86. The predicted molar refractivity (Wildman–Crippen MR) is 37.0 cm³/mol. The molecule has 3 heteroatoms. The third kappa shape index (κ3) is 1.05. The van der Waals surface area contributed by atoms with E-state index in [-0.39, 0.29) is 5.60 Å². The third-order valence-electron chi connectivity index (χ3n) is 2.10. The molecule has 0 atom stereocenters. The van der Waals surface area contributed by atoms with E-state index in [1.807, 2.05) is 0 Å². The molecule has 2 rings (SSSR count). The number of hydrogen-bond acceptors (Lipinski definition) is 3. The Balaban J connectivity index is 1.92. The fraction of sp³-hybridized carbons (Fsp3) is 1.00. The van der Waals surface area contributed by atoms with Gasteiger partial charge in [0, 0.05) is 26.3 Å². The molecule has 0 aromatic heterocycles. The van der Waals surface area contributed by atoms with Gasteiger partial charge in [0.2, 0.25) is 0 Å². The van der Waals surface area contributed by atoms with Crippen molar-refractivity contribution in [1.82, 2.24) is 5.32 Å². The van der Waals surface area contributed by atoms with E-state index in [1.165, 1.54) is 0 Å². The Morgan fingerprint density at radius 1 is 1.20 bits per heavy atom. The van der Waals surface area contributed by atoms with Crippen molar-refractivity contribution < 1.29 is 9.47 Å². The lowest BCUT2D eigenvalue weighted by Crippen LogP contribution is -2.63. The molecule has 58 valence electrons. The molecule has 2 fully saturated rings. The predicted octanol–water partition coefficient (Wildman–Crippen LogP) is -0.235. The van der Waals surface area contributed by atoms with Crippen molar-refractivity contribution in [3.05, 3.63) is 0 Å². The van der Waals surface area contributed by atoms with Gasteiger partial charge in [-0.05, 0) is 6.42 Å². The van der Waals surface area contributed by atoms with Crippen LogP contribution in [0.1, 0.15) is 6.42 Å². The SMILES string of the molecule is C1COCC2(CNC2)OC1. The topological polar surface area (TPSA) is 30.5 Å². The fourth-order valence-electron chi connectivity index (χ4n) is 1.36. The summed E-state index contributed by atoms with van der Waals surface area (Å²) in [5.74, 6) is 0. The van der Waals surface area contributed by atoms with Gasteiger partial charge in [-0.2, -0.15) is 0 Å². The molecule has 1 spiro atoms. The quantitative estimate of drug-likeness (QED) is 0.508. The van der Waals surface area contributed by atoms with Crippen molar-refractivity contribution in [2.75, 3.05) is 32.9 Å². The highest BCUT2D eigenvalue weighted by Crippen LogP contribution is 2.19. The van der Waals surface area contributed by atoms with Gasteiger partial charge in [0.1, 0.15) is 5.60 Å². The molecule has 0 amide bonds. The summed E-state index contributed by atoms with van der Waals surface area (Å²) < 4.78 is 11.0. The fourth-order valence-corrected chi connectivity index (χ4v) is 1.36. The van der Waals surface area contributed by atoms with Crippen molar-refractivity contribution in [3.8, 4) is 0 Å². The first-order chi connectivity index (χ1) is 4.91. The molecule has 0 aromatic rings. The van der Waals surface area contributed by atoms with Gasteiger partial charge in [0.05, 0.1) is 6.61 Å². The van der Waals surface area contributed by atoms with E-state index in [0.29, 0.717) is 0 Å². The Labute approximate surface area is 60.7 Å². The molecule has 1 N–H and O–H groups in total. The minimum atomic E-state index is 0.0521. The summed E-state index contributed by atoms with van der Waals surface area (Å²) in [5.41, 5.74) is 0.0521. The van der Waals surface area contributed by atoms with Gasteiger partial charge in [0.25, 0.3) is 0 Å². The summed E-state index contributed by atoms with van der Waals surface area (Å²) in [6.07, 6.45) is 1.04. The first-order valence-electron chi connectivity index (χ1n) is 3.84. The molecule has 10 heavy (non-hydrogen) atoms. The van der Waals surface area contributed by atoms with E-state index in [0.717, 1.165) is 39.3 Å². The van der Waals surface area contributed by atoms with E-state index in [2.05, 4.69) is 5.32 Å². The molecule has 2 aliphatic heterocycles. The summed E-state index contributed by atoms with van der Waals surface area (Å²) in [7, 11) is 0. The number of rotatable bonds is 0. The summed E-state index contributed by atoms with van der Waals surface area (Å²) in [4.78, 5) is 0. The molecule has 2 saturated heterocycles. The Bertz CT molecular complexity index is 113. The van der Waals surface area contributed by atoms with Gasteiger partial charge in [0.15, 0.2) is 0 Å². The zero-order valence-corrected chi connectivity index (χ0v) is 6.06. The molecule has 2 aliphatic rings. The van der Waals surface area contributed by atoms with Crippen molar-refractivity contribution >= 4 is 0 Å². The van der Waals surface area contributed by atoms with Gasteiger partial charge in [-0.15, -0.1) is 0 Å². The van der Waals surface area contributed by atoms with E-state index in [4.69, 9.17) is 9.47 Å². The maximum atomic E-state index is 5.64. The molecular formula is C7H13NO2. The minimum absolute atomic E-state index is 0.0521. The van der Waals surface area contributed by atoms with Crippen LogP contribution >= 0.6 is 0 Å². The van der Waals surface area contributed by atoms with Crippen molar-refractivity contribution in [3.63, 3.8) is 0 Å². The maximum Gasteiger partial charge on any atom is 0.116 e. The minimum Gasteiger partial charge on any atom is -0.378 e. The number of ether oxygens (including phenoxy) is 2. The van der Waals surface area contributed by atoms with Crippen LogP contribution in [0, 0.1) is 0 Å². The molecule has 0 bridgehead atoms. The Morgan fingerprint density at radius 2 is 2.10 bits per heavy atom. The second kappa shape index (κ2) is 2.49. The highest BCUT2D eigenvalue weighted by atomic mass is 16.6. The van der Waals surface area contributed by atoms with E-state index in [1.54, 1.807) is 0 Å². The van der Waals surface area contributed by atoms with Crippen LogP contribution < -0.4 is 5.32 Å². The van der Waals surface area contributed by atoms with Gasteiger partial charge in [-0.25, -0.2) is 0 Å². The van der Waals surface area contributed by atoms with Gasteiger partial charge < -0.3 is 14.8 Å².